The Kier molecular flexibility index (Phi) is 4.77. The summed E-state index contributed by atoms with van der Waals surface area (Å²) in [5.41, 5.74) is 1.12. The SMILES string of the molecule is CN1CCN(c2nc(-c3cccs3)cs2)CC1.[Br-]. The first-order chi connectivity index (χ1) is 8.33. The fourth-order valence-corrected chi connectivity index (χ4v) is 3.58. The molecule has 3 heterocycles. The van der Waals surface area contributed by atoms with Gasteiger partial charge in [-0.05, 0) is 18.5 Å². The van der Waals surface area contributed by atoms with Crippen LogP contribution in [0.1, 0.15) is 0 Å². The number of likely N-dealkylation sites (N-methyl/N-ethyl adjacent to an activating group) is 1. The third-order valence-corrected chi connectivity index (χ3v) is 4.83. The number of halogens is 1. The van der Waals surface area contributed by atoms with Crippen LogP contribution in [0.15, 0.2) is 22.9 Å². The van der Waals surface area contributed by atoms with Gasteiger partial charge < -0.3 is 26.8 Å². The summed E-state index contributed by atoms with van der Waals surface area (Å²) < 4.78 is 0. The lowest BCUT2D eigenvalue weighted by atomic mass is 10.3. The fraction of sp³-hybridized carbons (Fsp3) is 0.417. The topological polar surface area (TPSA) is 19.4 Å². The Balaban J connectivity index is 0.00000120. The number of anilines is 1. The van der Waals surface area contributed by atoms with Crippen LogP contribution in [-0.2, 0) is 0 Å². The molecule has 6 heteroatoms. The number of nitrogens with zero attached hydrogens (tertiary/aromatic N) is 3. The standard InChI is InChI=1S/C12H15N3S2.BrH/c1-14-4-6-15(7-5-14)12-13-10(9-17-12)11-3-2-8-16-11;/h2-3,8-9H,4-7H2,1H3;1H/p-1. The third kappa shape index (κ3) is 2.93. The molecule has 0 spiro atoms. The van der Waals surface area contributed by atoms with Crippen molar-refractivity contribution >= 4 is 27.8 Å². The fourth-order valence-electron chi connectivity index (χ4n) is 1.94. The van der Waals surface area contributed by atoms with Gasteiger partial charge in [-0.1, -0.05) is 6.07 Å². The summed E-state index contributed by atoms with van der Waals surface area (Å²) in [6.07, 6.45) is 0. The van der Waals surface area contributed by atoms with Crippen LogP contribution in [0.2, 0.25) is 0 Å². The van der Waals surface area contributed by atoms with Gasteiger partial charge in [-0.25, -0.2) is 4.98 Å². The minimum atomic E-state index is 0. The summed E-state index contributed by atoms with van der Waals surface area (Å²) in [5, 5.41) is 5.44. The quantitative estimate of drug-likeness (QED) is 0.740. The molecule has 0 N–H and O–H groups in total. The predicted molar refractivity (Wildman–Crippen MR) is 75.1 cm³/mol. The van der Waals surface area contributed by atoms with Crippen LogP contribution in [0.5, 0.6) is 0 Å². The van der Waals surface area contributed by atoms with Crippen LogP contribution in [-0.4, -0.2) is 43.1 Å². The van der Waals surface area contributed by atoms with Crippen LogP contribution in [0.4, 0.5) is 5.13 Å². The highest BCUT2D eigenvalue weighted by atomic mass is 79.9. The van der Waals surface area contributed by atoms with E-state index in [9.17, 15) is 0 Å². The van der Waals surface area contributed by atoms with Crippen molar-refractivity contribution in [3.8, 4) is 10.6 Å². The van der Waals surface area contributed by atoms with Crippen LogP contribution in [0, 0.1) is 0 Å². The van der Waals surface area contributed by atoms with Gasteiger partial charge in [0.2, 0.25) is 0 Å². The molecular weight excluding hydrogens is 330 g/mol. The molecule has 0 saturated carbocycles. The normalized spacial score (nSPS) is 16.6. The maximum absolute atomic E-state index is 4.74. The monoisotopic (exact) mass is 344 g/mol. The first-order valence-corrected chi connectivity index (χ1v) is 7.52. The Labute approximate surface area is 126 Å². The van der Waals surface area contributed by atoms with Gasteiger partial charge in [-0.3, -0.25) is 0 Å². The molecule has 1 saturated heterocycles. The average molecular weight is 345 g/mol. The molecule has 0 bridgehead atoms. The van der Waals surface area contributed by atoms with Gasteiger partial charge in [0, 0.05) is 31.6 Å². The zero-order chi connectivity index (χ0) is 11.7. The van der Waals surface area contributed by atoms with Crippen LogP contribution in [0.25, 0.3) is 10.6 Å². The molecule has 2 aromatic heterocycles. The molecule has 1 aliphatic heterocycles. The van der Waals surface area contributed by atoms with E-state index in [1.807, 2.05) is 0 Å². The maximum atomic E-state index is 4.74. The lowest BCUT2D eigenvalue weighted by molar-refractivity contribution is -0.00000334. The minimum Gasteiger partial charge on any atom is -1.00 e. The second-order valence-electron chi connectivity index (χ2n) is 4.28. The Morgan fingerprint density at radius 1 is 1.17 bits per heavy atom. The molecule has 0 aliphatic carbocycles. The highest BCUT2D eigenvalue weighted by Crippen LogP contribution is 2.30. The number of aromatic nitrogens is 1. The third-order valence-electron chi connectivity index (χ3n) is 3.04. The van der Waals surface area contributed by atoms with Crippen LogP contribution < -0.4 is 21.9 Å². The smallest absolute Gasteiger partial charge is 0.185 e. The lowest BCUT2D eigenvalue weighted by Gasteiger charge is -2.32. The number of thiazole rings is 1. The molecule has 18 heavy (non-hydrogen) atoms. The number of thiophene rings is 1. The van der Waals surface area contributed by atoms with E-state index in [-0.39, 0.29) is 17.0 Å². The van der Waals surface area contributed by atoms with Gasteiger partial charge in [-0.15, -0.1) is 22.7 Å². The van der Waals surface area contributed by atoms with Gasteiger partial charge in [0.1, 0.15) is 0 Å². The minimum absolute atomic E-state index is 0. The summed E-state index contributed by atoms with van der Waals surface area (Å²) in [4.78, 5) is 10.8. The highest BCUT2D eigenvalue weighted by Gasteiger charge is 2.17. The van der Waals surface area contributed by atoms with E-state index < -0.39 is 0 Å². The van der Waals surface area contributed by atoms with Crippen molar-refractivity contribution in [2.24, 2.45) is 0 Å². The van der Waals surface area contributed by atoms with E-state index in [4.69, 9.17) is 4.98 Å². The molecule has 1 aliphatic rings. The Bertz CT molecular complexity index is 475. The summed E-state index contributed by atoms with van der Waals surface area (Å²) >= 11 is 3.51. The Hall–Kier alpha value is -0.430. The van der Waals surface area contributed by atoms with E-state index in [1.165, 1.54) is 10.0 Å². The molecule has 1 fully saturated rings. The van der Waals surface area contributed by atoms with Gasteiger partial charge >= 0.3 is 0 Å². The van der Waals surface area contributed by atoms with Crippen LogP contribution in [0.3, 0.4) is 0 Å². The highest BCUT2D eigenvalue weighted by molar-refractivity contribution is 7.16. The number of hydrogen-bond acceptors (Lipinski definition) is 5. The van der Waals surface area contributed by atoms with Crippen molar-refractivity contribution in [1.29, 1.82) is 0 Å². The first kappa shape index (κ1) is 14.0. The zero-order valence-electron chi connectivity index (χ0n) is 10.2. The summed E-state index contributed by atoms with van der Waals surface area (Å²) in [7, 11) is 2.18. The second-order valence-corrected chi connectivity index (χ2v) is 6.07. The van der Waals surface area contributed by atoms with Crippen molar-refractivity contribution in [1.82, 2.24) is 9.88 Å². The summed E-state index contributed by atoms with van der Waals surface area (Å²) in [5.74, 6) is 0. The molecule has 98 valence electrons. The van der Waals surface area contributed by atoms with Crippen molar-refractivity contribution in [3.63, 3.8) is 0 Å². The molecule has 0 radical (unpaired) electrons. The van der Waals surface area contributed by atoms with Gasteiger partial charge in [0.15, 0.2) is 5.13 Å². The molecule has 0 aromatic carbocycles. The molecule has 2 aromatic rings. The summed E-state index contributed by atoms with van der Waals surface area (Å²) in [6, 6.07) is 4.21. The van der Waals surface area contributed by atoms with Crippen molar-refractivity contribution in [2.75, 3.05) is 38.1 Å². The lowest BCUT2D eigenvalue weighted by Crippen LogP contribution is -3.00. The molecular formula is C12H15BrN3S2-. The Morgan fingerprint density at radius 3 is 2.61 bits per heavy atom. The molecule has 0 unspecified atom stereocenters. The van der Waals surface area contributed by atoms with Gasteiger partial charge in [0.05, 0.1) is 10.6 Å². The van der Waals surface area contributed by atoms with E-state index in [2.05, 4.69) is 39.7 Å². The van der Waals surface area contributed by atoms with E-state index >= 15 is 0 Å². The van der Waals surface area contributed by atoms with Crippen LogP contribution >= 0.6 is 22.7 Å². The number of hydrogen-bond donors (Lipinski definition) is 0. The number of rotatable bonds is 2. The largest absolute Gasteiger partial charge is 1.00 e. The van der Waals surface area contributed by atoms with E-state index in [0.717, 1.165) is 31.9 Å². The molecule has 0 atom stereocenters. The van der Waals surface area contributed by atoms with E-state index in [0.29, 0.717) is 0 Å². The van der Waals surface area contributed by atoms with Gasteiger partial charge in [-0.2, -0.15) is 0 Å². The second kappa shape index (κ2) is 6.14. The predicted octanol–water partition coefficient (Wildman–Crippen LogP) is -0.373. The molecule has 3 nitrogen and oxygen atoms in total. The average Bonchev–Trinajstić information content (AvgIpc) is 3.00. The van der Waals surface area contributed by atoms with Crippen molar-refractivity contribution in [2.45, 2.75) is 0 Å². The van der Waals surface area contributed by atoms with Crippen molar-refractivity contribution in [3.05, 3.63) is 22.9 Å². The number of piperazine rings is 1. The first-order valence-electron chi connectivity index (χ1n) is 5.76. The zero-order valence-corrected chi connectivity index (χ0v) is 13.4. The summed E-state index contributed by atoms with van der Waals surface area (Å²) in [6.45, 7) is 4.45. The molecule has 3 rings (SSSR count). The Morgan fingerprint density at radius 2 is 1.94 bits per heavy atom. The maximum Gasteiger partial charge on any atom is 0.185 e. The van der Waals surface area contributed by atoms with Gasteiger partial charge in [0.25, 0.3) is 0 Å². The van der Waals surface area contributed by atoms with Crippen molar-refractivity contribution < 1.29 is 17.0 Å². The molecule has 0 amide bonds. The van der Waals surface area contributed by atoms with E-state index in [1.54, 1.807) is 22.7 Å².